The summed E-state index contributed by atoms with van der Waals surface area (Å²) in [6.07, 6.45) is 0. The molecule has 0 spiro atoms. The Kier molecular flexibility index (Phi) is 4.53. The van der Waals surface area contributed by atoms with Gasteiger partial charge in [0, 0.05) is 5.56 Å². The van der Waals surface area contributed by atoms with Crippen molar-refractivity contribution in [3.05, 3.63) is 48.0 Å². The van der Waals surface area contributed by atoms with E-state index in [1.165, 1.54) is 18.2 Å². The number of nitrogens with zero attached hydrogens (tertiary/aromatic N) is 1. The predicted octanol–water partition coefficient (Wildman–Crippen LogP) is 2.69. The Bertz CT molecular complexity index is 784. The normalized spacial score (nSPS) is 10.2. The minimum absolute atomic E-state index is 0. The fourth-order valence-corrected chi connectivity index (χ4v) is 2.00. The van der Waals surface area contributed by atoms with Crippen molar-refractivity contribution in [2.24, 2.45) is 0 Å². The number of ketones is 1. The molecule has 0 bridgehead atoms. The number of nitrogens with one attached hydrogen (secondary N) is 2. The van der Waals surface area contributed by atoms with Crippen LogP contribution in [0, 0.1) is 0 Å². The maximum Gasteiger partial charge on any atom is 0.201 e. The van der Waals surface area contributed by atoms with Crippen molar-refractivity contribution < 1.29 is 15.0 Å². The smallest absolute Gasteiger partial charge is 0.201 e. The highest BCUT2D eigenvalue weighted by atomic mass is 35.5. The van der Waals surface area contributed by atoms with E-state index in [1.54, 1.807) is 0 Å². The lowest BCUT2D eigenvalue weighted by molar-refractivity contribution is 0.101. The third-order valence-corrected chi connectivity index (χ3v) is 3.10. The zero-order valence-corrected chi connectivity index (χ0v) is 12.2. The molecule has 22 heavy (non-hydrogen) atoms. The van der Waals surface area contributed by atoms with Gasteiger partial charge in [-0.15, -0.1) is 12.4 Å². The molecular weight excluding hydrogens is 306 g/mol. The van der Waals surface area contributed by atoms with Crippen LogP contribution >= 0.6 is 12.4 Å². The number of phenols is 2. The lowest BCUT2D eigenvalue weighted by Gasteiger charge is -2.04. The first-order valence-electron chi connectivity index (χ1n) is 6.37. The number of fused-ring (bicyclic) bond motifs is 1. The molecule has 3 aromatic rings. The lowest BCUT2D eigenvalue weighted by atomic mass is 10.1. The van der Waals surface area contributed by atoms with Gasteiger partial charge in [-0.2, -0.15) is 0 Å². The zero-order chi connectivity index (χ0) is 14.8. The number of hydrogen-bond donors (Lipinski definition) is 4. The number of phenolic OH excluding ortho intramolecular Hbond substituents is 2. The van der Waals surface area contributed by atoms with Crippen molar-refractivity contribution in [1.82, 2.24) is 9.97 Å². The van der Waals surface area contributed by atoms with Crippen LogP contribution in [-0.2, 0) is 0 Å². The van der Waals surface area contributed by atoms with Crippen molar-refractivity contribution in [3.8, 4) is 11.5 Å². The van der Waals surface area contributed by atoms with Crippen molar-refractivity contribution in [1.29, 1.82) is 0 Å². The molecule has 0 atom stereocenters. The van der Waals surface area contributed by atoms with Crippen LogP contribution in [0.1, 0.15) is 10.4 Å². The standard InChI is InChI=1S/C15H13N3O3.ClH/c19-12-6-5-9(7-13(12)20)14(21)8-16-15-17-10-3-1-2-4-11(10)18-15;/h1-7,19-20H,8H2,(H2,16,17,18);1H. The van der Waals surface area contributed by atoms with Gasteiger partial charge < -0.3 is 20.5 Å². The Labute approximate surface area is 132 Å². The van der Waals surface area contributed by atoms with Crippen LogP contribution in [0.15, 0.2) is 42.5 Å². The molecule has 0 aliphatic carbocycles. The van der Waals surface area contributed by atoms with Crippen molar-refractivity contribution in [2.45, 2.75) is 0 Å². The van der Waals surface area contributed by atoms with Gasteiger partial charge in [0.1, 0.15) is 0 Å². The Hall–Kier alpha value is -2.73. The quantitative estimate of drug-likeness (QED) is 0.438. The molecule has 0 amide bonds. The number of carbonyl (C=O) groups excluding carboxylic acids is 1. The summed E-state index contributed by atoms with van der Waals surface area (Å²) in [5, 5.41) is 21.5. The number of aromatic hydroxyl groups is 2. The predicted molar refractivity (Wildman–Crippen MR) is 85.9 cm³/mol. The summed E-state index contributed by atoms with van der Waals surface area (Å²) >= 11 is 0. The molecule has 0 fully saturated rings. The number of aromatic nitrogens is 2. The number of H-pyrrole nitrogens is 1. The van der Waals surface area contributed by atoms with E-state index in [2.05, 4.69) is 15.3 Å². The molecule has 6 nitrogen and oxygen atoms in total. The van der Waals surface area contributed by atoms with Crippen LogP contribution < -0.4 is 5.32 Å². The van der Waals surface area contributed by atoms with Crippen LogP contribution in [0.5, 0.6) is 11.5 Å². The Balaban J connectivity index is 0.00000176. The number of para-hydroxylation sites is 2. The summed E-state index contributed by atoms with van der Waals surface area (Å²) in [5.41, 5.74) is 2.01. The molecule has 7 heteroatoms. The van der Waals surface area contributed by atoms with Crippen LogP contribution in [0.25, 0.3) is 11.0 Å². The van der Waals surface area contributed by atoms with Gasteiger partial charge in [0.05, 0.1) is 17.6 Å². The molecule has 3 rings (SSSR count). The topological polar surface area (TPSA) is 98.2 Å². The number of anilines is 1. The van der Waals surface area contributed by atoms with Crippen LogP contribution in [0.2, 0.25) is 0 Å². The molecule has 0 saturated carbocycles. The highest BCUT2D eigenvalue weighted by molar-refractivity contribution is 5.99. The summed E-state index contributed by atoms with van der Waals surface area (Å²) in [6, 6.07) is 11.5. The first-order chi connectivity index (χ1) is 10.1. The van der Waals surface area contributed by atoms with Crippen molar-refractivity contribution >= 4 is 35.2 Å². The van der Waals surface area contributed by atoms with E-state index in [9.17, 15) is 15.0 Å². The summed E-state index contributed by atoms with van der Waals surface area (Å²) in [5.74, 6) is -0.278. The second-order valence-electron chi connectivity index (χ2n) is 4.58. The van der Waals surface area contributed by atoms with Crippen LogP contribution in [-0.4, -0.2) is 32.5 Å². The van der Waals surface area contributed by atoms with Crippen molar-refractivity contribution in [3.63, 3.8) is 0 Å². The van der Waals surface area contributed by atoms with Crippen LogP contribution in [0.4, 0.5) is 5.95 Å². The lowest BCUT2D eigenvalue weighted by Crippen LogP contribution is -2.14. The number of Topliss-reactive ketones (excluding diaryl/α,β-unsaturated/α-hetero) is 1. The molecule has 4 N–H and O–H groups in total. The highest BCUT2D eigenvalue weighted by Crippen LogP contribution is 2.25. The van der Waals surface area contributed by atoms with Gasteiger partial charge in [-0.05, 0) is 30.3 Å². The van der Waals surface area contributed by atoms with E-state index in [0.29, 0.717) is 11.5 Å². The molecule has 0 aliphatic heterocycles. The number of rotatable bonds is 4. The second kappa shape index (κ2) is 6.36. The van der Waals surface area contributed by atoms with Gasteiger partial charge in [0.15, 0.2) is 17.3 Å². The average molecular weight is 320 g/mol. The SMILES string of the molecule is Cl.O=C(CNc1nc2ccccc2[nH]1)c1ccc(O)c(O)c1. The number of halogens is 1. The van der Waals surface area contributed by atoms with E-state index in [1.807, 2.05) is 24.3 Å². The van der Waals surface area contributed by atoms with Gasteiger partial charge >= 0.3 is 0 Å². The zero-order valence-electron chi connectivity index (χ0n) is 11.4. The maximum atomic E-state index is 12.0. The first-order valence-corrected chi connectivity index (χ1v) is 6.37. The third-order valence-electron chi connectivity index (χ3n) is 3.10. The summed E-state index contributed by atoms with van der Waals surface area (Å²) in [4.78, 5) is 19.4. The van der Waals surface area contributed by atoms with Gasteiger partial charge in [-0.1, -0.05) is 12.1 Å². The van der Waals surface area contributed by atoms with E-state index < -0.39 is 0 Å². The van der Waals surface area contributed by atoms with Crippen LogP contribution in [0.3, 0.4) is 0 Å². The molecule has 1 heterocycles. The number of carbonyl (C=O) groups is 1. The van der Waals surface area contributed by atoms with Gasteiger partial charge in [-0.3, -0.25) is 4.79 Å². The van der Waals surface area contributed by atoms with Crippen molar-refractivity contribution in [2.75, 3.05) is 11.9 Å². The first kappa shape index (κ1) is 15.7. The number of imidazole rings is 1. The summed E-state index contributed by atoms with van der Waals surface area (Å²) in [7, 11) is 0. The number of aromatic amines is 1. The average Bonchev–Trinajstić information content (AvgIpc) is 2.90. The maximum absolute atomic E-state index is 12.0. The molecule has 1 aromatic heterocycles. The highest BCUT2D eigenvalue weighted by Gasteiger charge is 2.10. The van der Waals surface area contributed by atoms with E-state index in [0.717, 1.165) is 11.0 Å². The molecule has 2 aromatic carbocycles. The Morgan fingerprint density at radius 3 is 2.64 bits per heavy atom. The largest absolute Gasteiger partial charge is 0.504 e. The fraction of sp³-hybridized carbons (Fsp3) is 0.0667. The van der Waals surface area contributed by atoms with Gasteiger partial charge in [0.25, 0.3) is 0 Å². The van der Waals surface area contributed by atoms with Gasteiger partial charge in [0.2, 0.25) is 5.95 Å². The molecule has 114 valence electrons. The van der Waals surface area contributed by atoms with E-state index in [-0.39, 0.29) is 36.2 Å². The summed E-state index contributed by atoms with van der Waals surface area (Å²) < 4.78 is 0. The monoisotopic (exact) mass is 319 g/mol. The molecule has 0 saturated heterocycles. The van der Waals surface area contributed by atoms with E-state index >= 15 is 0 Å². The Morgan fingerprint density at radius 2 is 1.91 bits per heavy atom. The molecule has 0 unspecified atom stereocenters. The van der Waals surface area contributed by atoms with Gasteiger partial charge in [-0.25, -0.2) is 4.98 Å². The number of hydrogen-bond acceptors (Lipinski definition) is 5. The fourth-order valence-electron chi connectivity index (χ4n) is 2.00. The Morgan fingerprint density at radius 1 is 1.14 bits per heavy atom. The third kappa shape index (κ3) is 3.12. The number of benzene rings is 2. The minimum Gasteiger partial charge on any atom is -0.504 e. The molecule has 0 radical (unpaired) electrons. The minimum atomic E-state index is -0.315. The summed E-state index contributed by atoms with van der Waals surface area (Å²) in [6.45, 7) is 0.0318. The van der Waals surface area contributed by atoms with E-state index in [4.69, 9.17) is 0 Å². The second-order valence-corrected chi connectivity index (χ2v) is 4.58. The molecular formula is C15H14ClN3O3. The molecule has 0 aliphatic rings.